The molecule has 7 heteroatoms. The molecule has 0 bridgehead atoms. The van der Waals surface area contributed by atoms with Crippen molar-refractivity contribution in [2.75, 3.05) is 41.4 Å². The Labute approximate surface area is 182 Å². The number of aryl methyl sites for hydroxylation is 1. The van der Waals surface area contributed by atoms with Crippen LogP contribution in [0.3, 0.4) is 0 Å². The number of methoxy groups -OCH3 is 2. The van der Waals surface area contributed by atoms with Crippen LogP contribution in [0.5, 0.6) is 11.5 Å². The van der Waals surface area contributed by atoms with Gasteiger partial charge >= 0.3 is 0 Å². The highest BCUT2D eigenvalue weighted by Crippen LogP contribution is 2.40. The van der Waals surface area contributed by atoms with Gasteiger partial charge in [0.2, 0.25) is 0 Å². The van der Waals surface area contributed by atoms with Gasteiger partial charge in [-0.25, -0.2) is 0 Å². The zero-order valence-corrected chi connectivity index (χ0v) is 18.5. The Morgan fingerprint density at radius 2 is 1.74 bits per heavy atom. The Balaban J connectivity index is 2.18. The van der Waals surface area contributed by atoms with E-state index in [0.29, 0.717) is 35.7 Å². The number of carbonyl (C=O) groups is 2. The summed E-state index contributed by atoms with van der Waals surface area (Å²) in [5.41, 5.74) is 2.00. The Hall–Kier alpha value is -3.32. The summed E-state index contributed by atoms with van der Waals surface area (Å²) in [5.74, 6) is -0.262. The minimum atomic E-state index is -0.712. The van der Waals surface area contributed by atoms with E-state index in [4.69, 9.17) is 9.47 Å². The third-order valence-electron chi connectivity index (χ3n) is 5.43. The lowest BCUT2D eigenvalue weighted by molar-refractivity contribution is -0.140. The van der Waals surface area contributed by atoms with Crippen molar-refractivity contribution in [3.8, 4) is 11.5 Å². The van der Waals surface area contributed by atoms with E-state index < -0.39 is 17.7 Å². The van der Waals surface area contributed by atoms with Crippen LogP contribution >= 0.6 is 0 Å². The van der Waals surface area contributed by atoms with Crippen molar-refractivity contribution in [2.24, 2.45) is 0 Å². The molecule has 2 aromatic rings. The van der Waals surface area contributed by atoms with E-state index in [1.807, 2.05) is 32.0 Å². The molecule has 1 aliphatic rings. The number of hydrogen-bond acceptors (Lipinski definition) is 6. The molecule has 3 rings (SSSR count). The molecule has 7 nitrogen and oxygen atoms in total. The summed E-state index contributed by atoms with van der Waals surface area (Å²) in [7, 11) is 6.92. The number of ether oxygens (including phenoxy) is 2. The molecule has 1 atom stereocenters. The van der Waals surface area contributed by atoms with Crippen molar-refractivity contribution in [1.29, 1.82) is 0 Å². The topological polar surface area (TPSA) is 79.3 Å². The highest BCUT2D eigenvalue weighted by molar-refractivity contribution is 6.46. The lowest BCUT2D eigenvalue weighted by Crippen LogP contribution is -2.35. The first-order chi connectivity index (χ1) is 14.8. The molecule has 1 N–H and O–H groups in total. The van der Waals surface area contributed by atoms with E-state index in [0.717, 1.165) is 5.56 Å². The standard InChI is InChI=1S/C24H28N2O5/c1-15-13-18(31-5)9-10-19(15)22(27)20-21(16-7-6-8-17(14-16)30-4)26(12-11-25(2)3)24(29)23(20)28/h6-10,13-14,21,27H,11-12H2,1-5H3/b22-20-. The number of likely N-dealkylation sites (tertiary alicyclic amines) is 1. The molecule has 164 valence electrons. The molecule has 1 unspecified atom stereocenters. The zero-order chi connectivity index (χ0) is 22.7. The zero-order valence-electron chi connectivity index (χ0n) is 18.5. The molecule has 0 radical (unpaired) electrons. The summed E-state index contributed by atoms with van der Waals surface area (Å²) < 4.78 is 10.6. The maximum Gasteiger partial charge on any atom is 0.295 e. The average molecular weight is 424 g/mol. The SMILES string of the molecule is COc1cccc(C2/C(=C(/O)c3ccc(OC)cc3C)C(=O)C(=O)N2CCN(C)C)c1. The van der Waals surface area contributed by atoms with Gasteiger partial charge in [-0.3, -0.25) is 9.59 Å². The number of aliphatic hydroxyl groups excluding tert-OH is 1. The average Bonchev–Trinajstić information content (AvgIpc) is 3.01. The molecule has 1 heterocycles. The van der Waals surface area contributed by atoms with Crippen LogP contribution in [0.4, 0.5) is 0 Å². The second-order valence-corrected chi connectivity index (χ2v) is 7.75. The van der Waals surface area contributed by atoms with Gasteiger partial charge in [0.15, 0.2) is 0 Å². The number of amides is 1. The van der Waals surface area contributed by atoms with Gasteiger partial charge < -0.3 is 24.4 Å². The highest BCUT2D eigenvalue weighted by Gasteiger charge is 2.46. The number of hydrogen-bond donors (Lipinski definition) is 1. The largest absolute Gasteiger partial charge is 0.507 e. The maximum absolute atomic E-state index is 13.1. The molecule has 31 heavy (non-hydrogen) atoms. The van der Waals surface area contributed by atoms with Crippen molar-refractivity contribution in [1.82, 2.24) is 9.80 Å². The van der Waals surface area contributed by atoms with Crippen LogP contribution in [0.25, 0.3) is 5.76 Å². The number of aliphatic hydroxyl groups is 1. The van der Waals surface area contributed by atoms with E-state index in [-0.39, 0.29) is 11.3 Å². The first kappa shape index (κ1) is 22.4. The van der Waals surface area contributed by atoms with Crippen LogP contribution in [-0.4, -0.2) is 68.0 Å². The molecule has 1 amide bonds. The van der Waals surface area contributed by atoms with Gasteiger partial charge in [-0.15, -0.1) is 0 Å². The molecule has 1 aliphatic heterocycles. The summed E-state index contributed by atoms with van der Waals surface area (Å²) in [5, 5.41) is 11.2. The van der Waals surface area contributed by atoms with Crippen LogP contribution in [0.2, 0.25) is 0 Å². The van der Waals surface area contributed by atoms with E-state index >= 15 is 0 Å². The van der Waals surface area contributed by atoms with Gasteiger partial charge in [-0.2, -0.15) is 0 Å². The van der Waals surface area contributed by atoms with Crippen LogP contribution in [0.15, 0.2) is 48.0 Å². The Morgan fingerprint density at radius 3 is 2.35 bits per heavy atom. The minimum absolute atomic E-state index is 0.0743. The summed E-state index contributed by atoms with van der Waals surface area (Å²) in [6.45, 7) is 2.74. The fourth-order valence-electron chi connectivity index (χ4n) is 3.75. The number of nitrogens with zero attached hydrogens (tertiary/aromatic N) is 2. The predicted molar refractivity (Wildman–Crippen MR) is 118 cm³/mol. The molecule has 0 saturated carbocycles. The van der Waals surface area contributed by atoms with Gasteiger partial charge in [-0.05, 0) is 62.5 Å². The van der Waals surface area contributed by atoms with E-state index in [1.165, 1.54) is 4.90 Å². The number of rotatable bonds is 7. The van der Waals surface area contributed by atoms with Crippen molar-refractivity contribution in [2.45, 2.75) is 13.0 Å². The summed E-state index contributed by atoms with van der Waals surface area (Å²) in [6.07, 6.45) is 0. The van der Waals surface area contributed by atoms with Crippen LogP contribution in [0.1, 0.15) is 22.7 Å². The molecular weight excluding hydrogens is 396 g/mol. The number of likely N-dealkylation sites (N-methyl/N-ethyl adjacent to an activating group) is 1. The van der Waals surface area contributed by atoms with Gasteiger partial charge in [0.25, 0.3) is 11.7 Å². The smallest absolute Gasteiger partial charge is 0.295 e. The fourth-order valence-corrected chi connectivity index (χ4v) is 3.75. The van der Waals surface area contributed by atoms with Gasteiger partial charge in [0, 0.05) is 18.7 Å². The Bertz CT molecular complexity index is 1030. The maximum atomic E-state index is 13.1. The molecule has 0 spiro atoms. The van der Waals surface area contributed by atoms with E-state index in [1.54, 1.807) is 50.6 Å². The van der Waals surface area contributed by atoms with Crippen molar-refractivity contribution in [3.05, 3.63) is 64.7 Å². The first-order valence-electron chi connectivity index (χ1n) is 10.0. The van der Waals surface area contributed by atoms with Crippen LogP contribution < -0.4 is 9.47 Å². The monoisotopic (exact) mass is 424 g/mol. The number of benzene rings is 2. The van der Waals surface area contributed by atoms with Crippen molar-refractivity contribution in [3.63, 3.8) is 0 Å². The number of carbonyl (C=O) groups excluding carboxylic acids is 2. The van der Waals surface area contributed by atoms with Gasteiger partial charge in [0.1, 0.15) is 17.3 Å². The highest BCUT2D eigenvalue weighted by atomic mass is 16.5. The molecule has 0 aliphatic carbocycles. The third-order valence-corrected chi connectivity index (χ3v) is 5.43. The predicted octanol–water partition coefficient (Wildman–Crippen LogP) is 3.00. The normalized spacial score (nSPS) is 18.0. The van der Waals surface area contributed by atoms with Crippen LogP contribution in [0, 0.1) is 6.92 Å². The Kier molecular flexibility index (Phi) is 6.65. The van der Waals surface area contributed by atoms with Gasteiger partial charge in [-0.1, -0.05) is 12.1 Å². The van der Waals surface area contributed by atoms with Crippen molar-refractivity contribution >= 4 is 17.4 Å². The molecule has 1 fully saturated rings. The summed E-state index contributed by atoms with van der Waals surface area (Å²) in [4.78, 5) is 29.5. The van der Waals surface area contributed by atoms with Gasteiger partial charge in [0.05, 0.1) is 25.8 Å². The summed E-state index contributed by atoms with van der Waals surface area (Å²) in [6, 6.07) is 11.7. The fraction of sp³-hybridized carbons (Fsp3) is 0.333. The molecule has 0 aromatic heterocycles. The van der Waals surface area contributed by atoms with Crippen LogP contribution in [-0.2, 0) is 9.59 Å². The second-order valence-electron chi connectivity index (χ2n) is 7.75. The first-order valence-corrected chi connectivity index (χ1v) is 10.0. The molecule has 2 aromatic carbocycles. The number of Topliss-reactive ketones (excluding diaryl/α,β-unsaturated/α-hetero) is 1. The van der Waals surface area contributed by atoms with E-state index in [2.05, 4.69) is 0 Å². The molecular formula is C24H28N2O5. The van der Waals surface area contributed by atoms with E-state index in [9.17, 15) is 14.7 Å². The third kappa shape index (κ3) is 4.41. The summed E-state index contributed by atoms with van der Waals surface area (Å²) >= 11 is 0. The minimum Gasteiger partial charge on any atom is -0.507 e. The lowest BCUT2D eigenvalue weighted by Gasteiger charge is -2.27. The quantitative estimate of drug-likeness (QED) is 0.418. The molecule has 1 saturated heterocycles. The Morgan fingerprint density at radius 1 is 1.06 bits per heavy atom. The number of ketones is 1. The lowest BCUT2D eigenvalue weighted by atomic mass is 9.93. The second kappa shape index (κ2) is 9.22. The van der Waals surface area contributed by atoms with Crippen molar-refractivity contribution < 1.29 is 24.2 Å².